The Kier molecular flexibility index (Phi) is 8.11. The third kappa shape index (κ3) is 6.95. The number of hydrogen-bond donors (Lipinski definition) is 2. The number of hydrogen-bond acceptors (Lipinski definition) is 2. The van der Waals surface area contributed by atoms with E-state index >= 15 is 0 Å². The molecule has 3 atom stereocenters. The van der Waals surface area contributed by atoms with Gasteiger partial charge in [0.15, 0.2) is 0 Å². The lowest BCUT2D eigenvalue weighted by Gasteiger charge is -2.30. The van der Waals surface area contributed by atoms with E-state index in [0.29, 0.717) is 5.92 Å². The van der Waals surface area contributed by atoms with E-state index < -0.39 is 0 Å². The van der Waals surface area contributed by atoms with Gasteiger partial charge >= 0.3 is 0 Å². The predicted octanol–water partition coefficient (Wildman–Crippen LogP) is 3.23. The largest absolute Gasteiger partial charge is 0.356 e. The lowest BCUT2D eigenvalue weighted by atomic mass is 9.79. The number of unbranched alkanes of at least 4 members (excludes halogenated alkanes) is 5. The molecule has 19 heavy (non-hydrogen) atoms. The van der Waals surface area contributed by atoms with Crippen LogP contribution >= 0.6 is 0 Å². The fourth-order valence-electron chi connectivity index (χ4n) is 3.13. The lowest BCUT2D eigenvalue weighted by molar-refractivity contribution is -0.126. The van der Waals surface area contributed by atoms with Crippen molar-refractivity contribution in [2.24, 2.45) is 17.6 Å². The molecule has 0 aliphatic heterocycles. The summed E-state index contributed by atoms with van der Waals surface area (Å²) in [7, 11) is 0. The second-order valence-electron chi connectivity index (χ2n) is 6.33. The topological polar surface area (TPSA) is 55.1 Å². The molecule has 3 heteroatoms. The Morgan fingerprint density at radius 1 is 1.11 bits per heavy atom. The van der Waals surface area contributed by atoms with E-state index in [0.717, 1.165) is 32.2 Å². The molecular formula is C16H32N2O. The maximum Gasteiger partial charge on any atom is 0.223 e. The van der Waals surface area contributed by atoms with E-state index in [2.05, 4.69) is 19.2 Å². The monoisotopic (exact) mass is 268 g/mol. The minimum Gasteiger partial charge on any atom is -0.356 e. The van der Waals surface area contributed by atoms with Gasteiger partial charge in [-0.2, -0.15) is 0 Å². The van der Waals surface area contributed by atoms with Crippen LogP contribution in [0.2, 0.25) is 0 Å². The van der Waals surface area contributed by atoms with Crippen molar-refractivity contribution in [1.82, 2.24) is 5.32 Å². The SMILES string of the molecule is CCCCCCCCNC(=O)C1CC(C)CC(N)C1. The molecule has 0 radical (unpaired) electrons. The van der Waals surface area contributed by atoms with Gasteiger partial charge in [-0.25, -0.2) is 0 Å². The van der Waals surface area contributed by atoms with Crippen LogP contribution in [-0.2, 0) is 4.79 Å². The fraction of sp³-hybridized carbons (Fsp3) is 0.938. The number of nitrogens with two attached hydrogens (primary N) is 1. The van der Waals surface area contributed by atoms with E-state index in [4.69, 9.17) is 5.73 Å². The van der Waals surface area contributed by atoms with Gasteiger partial charge in [0.05, 0.1) is 0 Å². The van der Waals surface area contributed by atoms with Crippen molar-refractivity contribution in [3.63, 3.8) is 0 Å². The van der Waals surface area contributed by atoms with Crippen molar-refractivity contribution >= 4 is 5.91 Å². The average Bonchev–Trinajstić information content (AvgIpc) is 2.36. The zero-order valence-electron chi connectivity index (χ0n) is 12.8. The number of amides is 1. The van der Waals surface area contributed by atoms with Crippen LogP contribution in [0.1, 0.15) is 71.6 Å². The summed E-state index contributed by atoms with van der Waals surface area (Å²) in [6.45, 7) is 5.27. The third-order valence-electron chi connectivity index (χ3n) is 4.18. The van der Waals surface area contributed by atoms with Crippen molar-refractivity contribution in [2.45, 2.75) is 77.7 Å². The molecule has 0 saturated heterocycles. The Morgan fingerprint density at radius 2 is 1.79 bits per heavy atom. The first-order valence-corrected chi connectivity index (χ1v) is 8.16. The molecule has 3 unspecified atom stereocenters. The highest BCUT2D eigenvalue weighted by Gasteiger charge is 2.28. The van der Waals surface area contributed by atoms with Gasteiger partial charge in [-0.15, -0.1) is 0 Å². The molecule has 1 rings (SSSR count). The molecule has 1 aliphatic rings. The maximum atomic E-state index is 12.1. The average molecular weight is 268 g/mol. The maximum absolute atomic E-state index is 12.1. The zero-order valence-corrected chi connectivity index (χ0v) is 12.8. The number of carbonyl (C=O) groups is 1. The van der Waals surface area contributed by atoms with Gasteiger partial charge in [-0.05, 0) is 31.6 Å². The number of rotatable bonds is 8. The first-order valence-electron chi connectivity index (χ1n) is 8.16. The molecule has 0 bridgehead atoms. The van der Waals surface area contributed by atoms with Gasteiger partial charge in [0.2, 0.25) is 5.91 Å². The second kappa shape index (κ2) is 9.35. The Bertz CT molecular complexity index is 245. The summed E-state index contributed by atoms with van der Waals surface area (Å²) in [4.78, 5) is 12.1. The predicted molar refractivity (Wildman–Crippen MR) is 80.9 cm³/mol. The van der Waals surface area contributed by atoms with E-state index in [9.17, 15) is 4.79 Å². The molecule has 0 aromatic rings. The number of carbonyl (C=O) groups excluding carboxylic acids is 1. The smallest absolute Gasteiger partial charge is 0.223 e. The van der Waals surface area contributed by atoms with Crippen LogP contribution in [-0.4, -0.2) is 18.5 Å². The van der Waals surface area contributed by atoms with Gasteiger partial charge in [0.25, 0.3) is 0 Å². The minimum absolute atomic E-state index is 0.152. The van der Waals surface area contributed by atoms with Gasteiger partial charge in [0, 0.05) is 18.5 Å². The van der Waals surface area contributed by atoms with Crippen molar-refractivity contribution in [2.75, 3.05) is 6.54 Å². The van der Waals surface area contributed by atoms with Crippen molar-refractivity contribution < 1.29 is 4.79 Å². The van der Waals surface area contributed by atoms with Crippen LogP contribution in [0.5, 0.6) is 0 Å². The van der Waals surface area contributed by atoms with Gasteiger partial charge in [-0.3, -0.25) is 4.79 Å². The van der Waals surface area contributed by atoms with Crippen LogP contribution in [0, 0.1) is 11.8 Å². The lowest BCUT2D eigenvalue weighted by Crippen LogP contribution is -2.40. The van der Waals surface area contributed by atoms with Gasteiger partial charge in [0.1, 0.15) is 0 Å². The summed E-state index contributed by atoms with van der Waals surface area (Å²) in [5, 5.41) is 3.09. The van der Waals surface area contributed by atoms with Crippen LogP contribution in [0.25, 0.3) is 0 Å². The summed E-state index contributed by atoms with van der Waals surface area (Å²) in [6.07, 6.45) is 10.6. The molecule has 112 valence electrons. The van der Waals surface area contributed by atoms with Crippen molar-refractivity contribution in [3.8, 4) is 0 Å². The van der Waals surface area contributed by atoms with Gasteiger partial charge in [-0.1, -0.05) is 46.0 Å². The Labute approximate surface area is 118 Å². The molecule has 1 amide bonds. The Hall–Kier alpha value is -0.570. The summed E-state index contributed by atoms with van der Waals surface area (Å²) >= 11 is 0. The normalized spacial score (nSPS) is 27.2. The molecular weight excluding hydrogens is 236 g/mol. The molecule has 0 aromatic carbocycles. The molecule has 3 nitrogen and oxygen atoms in total. The molecule has 0 spiro atoms. The molecule has 0 aromatic heterocycles. The fourth-order valence-corrected chi connectivity index (χ4v) is 3.13. The quantitative estimate of drug-likeness (QED) is 0.664. The summed E-state index contributed by atoms with van der Waals surface area (Å²) < 4.78 is 0. The Morgan fingerprint density at radius 3 is 2.47 bits per heavy atom. The van der Waals surface area contributed by atoms with Crippen LogP contribution in [0.3, 0.4) is 0 Å². The van der Waals surface area contributed by atoms with E-state index in [1.807, 2.05) is 0 Å². The minimum atomic E-state index is 0.152. The van der Waals surface area contributed by atoms with Crippen LogP contribution < -0.4 is 11.1 Å². The standard InChI is InChI=1S/C16H32N2O/c1-3-4-5-6-7-8-9-18-16(19)14-10-13(2)11-15(17)12-14/h13-15H,3-12,17H2,1-2H3,(H,18,19). The van der Waals surface area contributed by atoms with Crippen molar-refractivity contribution in [1.29, 1.82) is 0 Å². The molecule has 1 saturated carbocycles. The number of nitrogens with one attached hydrogen (secondary N) is 1. The summed E-state index contributed by atoms with van der Waals surface area (Å²) in [5.74, 6) is 0.975. The molecule has 0 heterocycles. The van der Waals surface area contributed by atoms with Crippen LogP contribution in [0.15, 0.2) is 0 Å². The molecule has 1 aliphatic carbocycles. The Balaban J connectivity index is 2.07. The highest BCUT2D eigenvalue weighted by molar-refractivity contribution is 5.78. The first kappa shape index (κ1) is 16.5. The van der Waals surface area contributed by atoms with E-state index in [1.165, 1.54) is 32.1 Å². The highest BCUT2D eigenvalue weighted by atomic mass is 16.1. The van der Waals surface area contributed by atoms with Gasteiger partial charge < -0.3 is 11.1 Å². The molecule has 3 N–H and O–H groups in total. The third-order valence-corrected chi connectivity index (χ3v) is 4.18. The zero-order chi connectivity index (χ0) is 14.1. The summed E-state index contributed by atoms with van der Waals surface area (Å²) in [6, 6.07) is 0.216. The first-order chi connectivity index (χ1) is 9.13. The summed E-state index contributed by atoms with van der Waals surface area (Å²) in [5.41, 5.74) is 6.00. The van der Waals surface area contributed by atoms with Crippen LogP contribution in [0.4, 0.5) is 0 Å². The van der Waals surface area contributed by atoms with E-state index in [1.54, 1.807) is 0 Å². The highest BCUT2D eigenvalue weighted by Crippen LogP contribution is 2.28. The van der Waals surface area contributed by atoms with E-state index in [-0.39, 0.29) is 17.9 Å². The van der Waals surface area contributed by atoms with Crippen molar-refractivity contribution in [3.05, 3.63) is 0 Å². The molecule has 1 fully saturated rings. The second-order valence-corrected chi connectivity index (χ2v) is 6.33.